The SMILES string of the molecule is O=S(=O)(NCC1CN(c2ccc(-c3ccncc3)nn2)C1)c1cnoc1. The molecule has 0 amide bonds. The van der Waals surface area contributed by atoms with Crippen LogP contribution in [0, 0.1) is 5.92 Å². The van der Waals surface area contributed by atoms with E-state index in [1.807, 2.05) is 24.3 Å². The lowest BCUT2D eigenvalue weighted by atomic mass is 10.0. The molecule has 1 saturated heterocycles. The van der Waals surface area contributed by atoms with Gasteiger partial charge in [0, 0.05) is 43.5 Å². The molecule has 0 aromatic carbocycles. The third-order valence-electron chi connectivity index (χ3n) is 4.19. The van der Waals surface area contributed by atoms with E-state index in [4.69, 9.17) is 0 Å². The zero-order valence-electron chi connectivity index (χ0n) is 13.7. The molecule has 0 atom stereocenters. The van der Waals surface area contributed by atoms with Crippen LogP contribution in [0.5, 0.6) is 0 Å². The Morgan fingerprint density at radius 2 is 1.96 bits per heavy atom. The van der Waals surface area contributed by atoms with E-state index in [0.29, 0.717) is 6.54 Å². The van der Waals surface area contributed by atoms with Gasteiger partial charge in [-0.3, -0.25) is 4.98 Å². The first-order valence-corrected chi connectivity index (χ1v) is 9.48. The van der Waals surface area contributed by atoms with E-state index < -0.39 is 10.0 Å². The summed E-state index contributed by atoms with van der Waals surface area (Å²) in [7, 11) is -3.56. The van der Waals surface area contributed by atoms with Crippen molar-refractivity contribution >= 4 is 15.8 Å². The van der Waals surface area contributed by atoms with Gasteiger partial charge in [0.05, 0.1) is 11.9 Å². The molecule has 0 bridgehead atoms. The number of aromatic nitrogens is 4. The van der Waals surface area contributed by atoms with E-state index in [2.05, 4.69) is 34.5 Å². The quantitative estimate of drug-likeness (QED) is 0.680. The Morgan fingerprint density at radius 1 is 1.15 bits per heavy atom. The molecule has 1 N–H and O–H groups in total. The molecular weight excluding hydrogens is 356 g/mol. The van der Waals surface area contributed by atoms with Gasteiger partial charge in [0.1, 0.15) is 11.2 Å². The summed E-state index contributed by atoms with van der Waals surface area (Å²) in [5.41, 5.74) is 1.75. The minimum atomic E-state index is -3.56. The van der Waals surface area contributed by atoms with E-state index in [1.54, 1.807) is 12.4 Å². The summed E-state index contributed by atoms with van der Waals surface area (Å²) >= 11 is 0. The zero-order chi connectivity index (χ0) is 18.0. The molecule has 134 valence electrons. The van der Waals surface area contributed by atoms with Gasteiger partial charge in [0.25, 0.3) is 0 Å². The summed E-state index contributed by atoms with van der Waals surface area (Å²) < 4.78 is 31.2. The Hall–Kier alpha value is -2.85. The lowest BCUT2D eigenvalue weighted by Crippen LogP contribution is -2.51. The number of nitrogens with zero attached hydrogens (tertiary/aromatic N) is 5. The van der Waals surface area contributed by atoms with Crippen LogP contribution in [0.15, 0.2) is 58.5 Å². The summed E-state index contributed by atoms with van der Waals surface area (Å²) in [6.45, 7) is 1.79. The predicted octanol–water partition coefficient (Wildman–Crippen LogP) is 0.941. The van der Waals surface area contributed by atoms with Gasteiger partial charge >= 0.3 is 0 Å². The third-order valence-corrected chi connectivity index (χ3v) is 5.56. The molecule has 26 heavy (non-hydrogen) atoms. The van der Waals surface area contributed by atoms with Crippen LogP contribution in [-0.2, 0) is 10.0 Å². The fourth-order valence-corrected chi connectivity index (χ4v) is 3.67. The highest BCUT2D eigenvalue weighted by Gasteiger charge is 2.29. The van der Waals surface area contributed by atoms with Crippen molar-refractivity contribution in [2.45, 2.75) is 4.90 Å². The highest BCUT2D eigenvalue weighted by Crippen LogP contribution is 2.24. The van der Waals surface area contributed by atoms with Crippen LogP contribution in [0.2, 0.25) is 0 Å². The van der Waals surface area contributed by atoms with Crippen molar-refractivity contribution in [3.05, 3.63) is 49.1 Å². The topological polar surface area (TPSA) is 114 Å². The highest BCUT2D eigenvalue weighted by atomic mass is 32.2. The van der Waals surface area contributed by atoms with Crippen LogP contribution in [-0.4, -0.2) is 48.4 Å². The fourth-order valence-electron chi connectivity index (χ4n) is 2.70. The minimum absolute atomic E-state index is 0.0336. The first-order valence-electron chi connectivity index (χ1n) is 8.00. The van der Waals surface area contributed by atoms with Crippen molar-refractivity contribution in [3.8, 4) is 11.3 Å². The normalized spacial score (nSPS) is 15.0. The molecule has 0 aliphatic carbocycles. The third kappa shape index (κ3) is 3.41. The molecule has 0 radical (unpaired) electrons. The summed E-state index contributed by atoms with van der Waals surface area (Å²) in [5, 5.41) is 11.9. The van der Waals surface area contributed by atoms with Gasteiger partial charge in [-0.1, -0.05) is 5.16 Å². The first kappa shape index (κ1) is 16.6. The maximum Gasteiger partial charge on any atom is 0.245 e. The molecule has 3 aromatic rings. The van der Waals surface area contributed by atoms with Crippen LogP contribution in [0.3, 0.4) is 0 Å². The van der Waals surface area contributed by atoms with E-state index in [1.165, 1.54) is 6.20 Å². The van der Waals surface area contributed by atoms with E-state index >= 15 is 0 Å². The number of rotatable bonds is 6. The number of nitrogens with one attached hydrogen (secondary N) is 1. The number of hydrogen-bond acceptors (Lipinski definition) is 8. The Bertz CT molecular complexity index is 955. The lowest BCUT2D eigenvalue weighted by Gasteiger charge is -2.39. The van der Waals surface area contributed by atoms with E-state index in [0.717, 1.165) is 36.4 Å². The summed E-state index contributed by atoms with van der Waals surface area (Å²) in [6.07, 6.45) is 5.71. The molecule has 0 unspecified atom stereocenters. The zero-order valence-corrected chi connectivity index (χ0v) is 14.5. The number of hydrogen-bond donors (Lipinski definition) is 1. The van der Waals surface area contributed by atoms with E-state index in [9.17, 15) is 8.42 Å². The molecule has 1 aliphatic rings. The number of pyridine rings is 1. The van der Waals surface area contributed by atoms with Crippen molar-refractivity contribution < 1.29 is 12.9 Å². The average molecular weight is 372 g/mol. The van der Waals surface area contributed by atoms with Crippen LogP contribution in [0.4, 0.5) is 5.82 Å². The highest BCUT2D eigenvalue weighted by molar-refractivity contribution is 7.89. The van der Waals surface area contributed by atoms with Gasteiger partial charge in [-0.05, 0) is 24.3 Å². The Balaban J connectivity index is 1.31. The van der Waals surface area contributed by atoms with Gasteiger partial charge in [0.2, 0.25) is 10.0 Å². The molecule has 0 saturated carbocycles. The molecule has 1 aliphatic heterocycles. The number of anilines is 1. The summed E-state index contributed by atoms with van der Waals surface area (Å²) in [5.74, 6) is 0.993. The molecular formula is C16H16N6O3S. The average Bonchev–Trinajstić information content (AvgIpc) is 3.17. The molecule has 10 heteroatoms. The van der Waals surface area contributed by atoms with Gasteiger partial charge in [0.15, 0.2) is 5.82 Å². The van der Waals surface area contributed by atoms with Crippen molar-refractivity contribution in [1.82, 2.24) is 25.1 Å². The minimum Gasteiger partial charge on any atom is -0.363 e. The molecule has 0 spiro atoms. The lowest BCUT2D eigenvalue weighted by molar-refractivity contribution is 0.401. The first-order chi connectivity index (χ1) is 12.6. The summed E-state index contributed by atoms with van der Waals surface area (Å²) in [4.78, 5) is 6.08. The van der Waals surface area contributed by atoms with Crippen molar-refractivity contribution in [2.24, 2.45) is 5.92 Å². The molecule has 9 nitrogen and oxygen atoms in total. The van der Waals surface area contributed by atoms with Crippen molar-refractivity contribution in [1.29, 1.82) is 0 Å². The van der Waals surface area contributed by atoms with Gasteiger partial charge in [-0.15, -0.1) is 10.2 Å². The predicted molar refractivity (Wildman–Crippen MR) is 92.7 cm³/mol. The standard InChI is InChI=1S/C16H16N6O3S/c23-26(24,14-8-18-25-11-14)19-7-12-9-22(10-12)16-2-1-15(20-21-16)13-3-5-17-6-4-13/h1-6,8,11-12,19H,7,9-10H2. The number of sulfonamides is 1. The van der Waals surface area contributed by atoms with Gasteiger partial charge in [-0.2, -0.15) is 0 Å². The van der Waals surface area contributed by atoms with Crippen LogP contribution < -0.4 is 9.62 Å². The smallest absolute Gasteiger partial charge is 0.245 e. The second-order valence-electron chi connectivity index (χ2n) is 6.00. The van der Waals surface area contributed by atoms with Crippen LogP contribution in [0.25, 0.3) is 11.3 Å². The van der Waals surface area contributed by atoms with Crippen LogP contribution in [0.1, 0.15) is 0 Å². The summed E-state index contributed by atoms with van der Waals surface area (Å²) in [6, 6.07) is 7.59. The Labute approximate surface area is 150 Å². The Morgan fingerprint density at radius 3 is 2.62 bits per heavy atom. The van der Waals surface area contributed by atoms with Gasteiger partial charge in [-0.25, -0.2) is 13.1 Å². The molecule has 4 rings (SSSR count). The monoisotopic (exact) mass is 372 g/mol. The molecule has 1 fully saturated rings. The molecule has 4 heterocycles. The van der Waals surface area contributed by atoms with Crippen molar-refractivity contribution in [3.63, 3.8) is 0 Å². The Kier molecular flexibility index (Phi) is 4.35. The van der Waals surface area contributed by atoms with Gasteiger partial charge < -0.3 is 9.42 Å². The van der Waals surface area contributed by atoms with Crippen LogP contribution >= 0.6 is 0 Å². The fraction of sp³-hybridized carbons (Fsp3) is 0.250. The maximum absolute atomic E-state index is 12.0. The van der Waals surface area contributed by atoms with Crippen molar-refractivity contribution in [2.75, 3.05) is 24.5 Å². The van der Waals surface area contributed by atoms with E-state index in [-0.39, 0.29) is 10.8 Å². The second-order valence-corrected chi connectivity index (χ2v) is 7.76. The second kappa shape index (κ2) is 6.81. The molecule has 3 aromatic heterocycles. The largest absolute Gasteiger partial charge is 0.363 e. The maximum atomic E-state index is 12.0.